The van der Waals surface area contributed by atoms with Gasteiger partial charge >= 0.3 is 0 Å². The van der Waals surface area contributed by atoms with E-state index < -0.39 is 0 Å². The molecule has 0 saturated heterocycles. The van der Waals surface area contributed by atoms with Gasteiger partial charge in [-0.15, -0.1) is 0 Å². The molecule has 2 amide bonds. The van der Waals surface area contributed by atoms with Crippen LogP contribution in [0.15, 0.2) is 36.4 Å². The van der Waals surface area contributed by atoms with E-state index in [1.165, 1.54) is 6.92 Å². The van der Waals surface area contributed by atoms with Gasteiger partial charge in [-0.3, -0.25) is 9.59 Å². The van der Waals surface area contributed by atoms with Crippen molar-refractivity contribution < 1.29 is 9.59 Å². The number of hydrogen-bond acceptors (Lipinski definition) is 2. The Labute approximate surface area is 125 Å². The van der Waals surface area contributed by atoms with E-state index in [2.05, 4.69) is 22.8 Å². The van der Waals surface area contributed by atoms with Crippen LogP contribution in [-0.2, 0) is 16.0 Å². The molecule has 1 aromatic rings. The molecule has 1 aliphatic carbocycles. The number of carbonyl (C=O) groups is 2. The van der Waals surface area contributed by atoms with Gasteiger partial charge in [0.25, 0.3) is 0 Å². The van der Waals surface area contributed by atoms with E-state index in [0.29, 0.717) is 18.9 Å². The summed E-state index contributed by atoms with van der Waals surface area (Å²) in [6.45, 7) is 2.14. The molecule has 21 heavy (non-hydrogen) atoms. The van der Waals surface area contributed by atoms with Crippen LogP contribution in [0.5, 0.6) is 0 Å². The van der Waals surface area contributed by atoms with Crippen molar-refractivity contribution >= 4 is 17.5 Å². The van der Waals surface area contributed by atoms with Gasteiger partial charge in [-0.05, 0) is 42.9 Å². The molecule has 1 aliphatic rings. The van der Waals surface area contributed by atoms with E-state index in [0.717, 1.165) is 30.5 Å². The molecule has 0 radical (unpaired) electrons. The van der Waals surface area contributed by atoms with Crippen LogP contribution in [0.2, 0.25) is 0 Å². The molecule has 0 saturated carbocycles. The third-order valence-electron chi connectivity index (χ3n) is 3.57. The van der Waals surface area contributed by atoms with E-state index in [1.807, 2.05) is 24.3 Å². The first kappa shape index (κ1) is 15.3. The van der Waals surface area contributed by atoms with Crippen LogP contribution < -0.4 is 10.6 Å². The molecular weight excluding hydrogens is 264 g/mol. The molecule has 4 nitrogen and oxygen atoms in total. The average molecular weight is 286 g/mol. The summed E-state index contributed by atoms with van der Waals surface area (Å²) in [5.74, 6) is 0.472. The zero-order valence-electron chi connectivity index (χ0n) is 12.4. The lowest BCUT2D eigenvalue weighted by Gasteiger charge is -2.09. The maximum Gasteiger partial charge on any atom is 0.221 e. The molecular formula is C17H22N2O2. The lowest BCUT2D eigenvalue weighted by atomic mass is 10.0. The Kier molecular flexibility index (Phi) is 5.55. The summed E-state index contributed by atoms with van der Waals surface area (Å²) in [5, 5.41) is 5.69. The highest BCUT2D eigenvalue weighted by atomic mass is 16.2. The standard InChI is InChI=1S/C17H22N2O2/c1-13(20)19-16-8-6-14(7-9-16)10-11-18-17(21)12-15-4-2-3-5-15/h2,4,6-9,15H,3,5,10-12H2,1H3,(H,18,21)(H,19,20)/t15-/m0/s1. The third-order valence-corrected chi connectivity index (χ3v) is 3.57. The van der Waals surface area contributed by atoms with Gasteiger partial charge in [-0.25, -0.2) is 0 Å². The quantitative estimate of drug-likeness (QED) is 0.790. The van der Waals surface area contributed by atoms with Crippen molar-refractivity contribution in [3.63, 3.8) is 0 Å². The fraction of sp³-hybridized carbons (Fsp3) is 0.412. The summed E-state index contributed by atoms with van der Waals surface area (Å²) in [5.41, 5.74) is 1.94. The first-order chi connectivity index (χ1) is 10.1. The summed E-state index contributed by atoms with van der Waals surface area (Å²) in [6, 6.07) is 7.69. The lowest BCUT2D eigenvalue weighted by Crippen LogP contribution is -2.27. The number of nitrogens with one attached hydrogen (secondary N) is 2. The van der Waals surface area contributed by atoms with Crippen molar-refractivity contribution in [1.82, 2.24) is 5.32 Å². The van der Waals surface area contributed by atoms with Crippen molar-refractivity contribution in [2.45, 2.75) is 32.6 Å². The van der Waals surface area contributed by atoms with E-state index in [4.69, 9.17) is 0 Å². The third kappa shape index (κ3) is 5.42. The molecule has 2 N–H and O–H groups in total. The maximum absolute atomic E-state index is 11.8. The summed E-state index contributed by atoms with van der Waals surface area (Å²) >= 11 is 0. The first-order valence-corrected chi connectivity index (χ1v) is 7.43. The number of rotatable bonds is 6. The van der Waals surface area contributed by atoms with Crippen LogP contribution >= 0.6 is 0 Å². The van der Waals surface area contributed by atoms with Crippen molar-refractivity contribution in [2.75, 3.05) is 11.9 Å². The van der Waals surface area contributed by atoms with Crippen LogP contribution in [-0.4, -0.2) is 18.4 Å². The highest BCUT2D eigenvalue weighted by Crippen LogP contribution is 2.19. The molecule has 1 aromatic carbocycles. The van der Waals surface area contributed by atoms with Gasteiger partial charge in [0.15, 0.2) is 0 Å². The molecule has 4 heteroatoms. The van der Waals surface area contributed by atoms with Gasteiger partial charge < -0.3 is 10.6 Å². The van der Waals surface area contributed by atoms with E-state index >= 15 is 0 Å². The predicted molar refractivity (Wildman–Crippen MR) is 83.9 cm³/mol. The summed E-state index contributed by atoms with van der Waals surface area (Å²) < 4.78 is 0. The normalized spacial score (nSPS) is 16.7. The smallest absolute Gasteiger partial charge is 0.221 e. The summed E-state index contributed by atoms with van der Waals surface area (Å²) in [4.78, 5) is 22.7. The Morgan fingerprint density at radius 3 is 2.62 bits per heavy atom. The molecule has 0 heterocycles. The van der Waals surface area contributed by atoms with E-state index in [1.54, 1.807) is 0 Å². The molecule has 0 fully saturated rings. The zero-order valence-corrected chi connectivity index (χ0v) is 12.4. The second kappa shape index (κ2) is 7.62. The monoisotopic (exact) mass is 286 g/mol. The number of carbonyl (C=O) groups excluding carboxylic acids is 2. The van der Waals surface area contributed by atoms with Crippen LogP contribution in [0.4, 0.5) is 5.69 Å². The lowest BCUT2D eigenvalue weighted by molar-refractivity contribution is -0.121. The van der Waals surface area contributed by atoms with Gasteiger partial charge in [-0.2, -0.15) is 0 Å². The van der Waals surface area contributed by atoms with E-state index in [9.17, 15) is 9.59 Å². The van der Waals surface area contributed by atoms with Crippen molar-refractivity contribution in [3.05, 3.63) is 42.0 Å². The molecule has 112 valence electrons. The van der Waals surface area contributed by atoms with Crippen LogP contribution in [0.3, 0.4) is 0 Å². The van der Waals surface area contributed by atoms with Gasteiger partial charge in [0.2, 0.25) is 11.8 Å². The Morgan fingerprint density at radius 2 is 2.00 bits per heavy atom. The molecule has 0 aliphatic heterocycles. The SMILES string of the molecule is CC(=O)Nc1ccc(CCNC(=O)C[C@H]2C=CCC2)cc1. The fourth-order valence-corrected chi connectivity index (χ4v) is 2.48. The number of anilines is 1. The molecule has 1 atom stereocenters. The fourth-order valence-electron chi connectivity index (χ4n) is 2.48. The van der Waals surface area contributed by atoms with Crippen molar-refractivity contribution in [2.24, 2.45) is 5.92 Å². The molecule has 0 unspecified atom stereocenters. The topological polar surface area (TPSA) is 58.2 Å². The minimum atomic E-state index is -0.0732. The Bertz CT molecular complexity index is 520. The Hall–Kier alpha value is -2.10. The van der Waals surface area contributed by atoms with Crippen LogP contribution in [0, 0.1) is 5.92 Å². The Balaban J connectivity index is 1.69. The van der Waals surface area contributed by atoms with Gasteiger partial charge in [0.05, 0.1) is 0 Å². The summed E-state index contributed by atoms with van der Waals surface area (Å²) in [6.07, 6.45) is 7.87. The van der Waals surface area contributed by atoms with Crippen molar-refractivity contribution in [3.8, 4) is 0 Å². The highest BCUT2D eigenvalue weighted by Gasteiger charge is 2.13. The molecule has 2 rings (SSSR count). The Morgan fingerprint density at radius 1 is 1.24 bits per heavy atom. The zero-order chi connectivity index (χ0) is 15.1. The van der Waals surface area contributed by atoms with Gasteiger partial charge in [0.1, 0.15) is 0 Å². The maximum atomic E-state index is 11.8. The molecule has 0 spiro atoms. The molecule has 0 bridgehead atoms. The van der Waals surface area contributed by atoms with Crippen LogP contribution in [0.25, 0.3) is 0 Å². The van der Waals surface area contributed by atoms with Crippen molar-refractivity contribution in [1.29, 1.82) is 0 Å². The predicted octanol–water partition coefficient (Wildman–Crippen LogP) is 2.66. The van der Waals surface area contributed by atoms with E-state index in [-0.39, 0.29) is 11.8 Å². The van der Waals surface area contributed by atoms with Gasteiger partial charge in [-0.1, -0.05) is 24.3 Å². The van der Waals surface area contributed by atoms with Gasteiger partial charge in [0, 0.05) is 25.6 Å². The minimum Gasteiger partial charge on any atom is -0.356 e. The number of amides is 2. The number of benzene rings is 1. The van der Waals surface area contributed by atoms with Crippen LogP contribution in [0.1, 0.15) is 31.7 Å². The second-order valence-corrected chi connectivity index (χ2v) is 5.45. The number of allylic oxidation sites excluding steroid dienone is 2. The minimum absolute atomic E-state index is 0.0732. The first-order valence-electron chi connectivity index (χ1n) is 7.43. The second-order valence-electron chi connectivity index (χ2n) is 5.45. The summed E-state index contributed by atoms with van der Waals surface area (Å²) in [7, 11) is 0. The largest absolute Gasteiger partial charge is 0.356 e. The average Bonchev–Trinajstić information content (AvgIpc) is 2.93. The highest BCUT2D eigenvalue weighted by molar-refractivity contribution is 5.88. The molecule has 0 aromatic heterocycles. The number of hydrogen-bond donors (Lipinski definition) is 2.